The zero-order valence-corrected chi connectivity index (χ0v) is 54.9. The van der Waals surface area contributed by atoms with Crippen LogP contribution < -0.4 is 0 Å². The number of ether oxygens (including phenoxy) is 3. The molecule has 0 aliphatic heterocycles. The molecule has 0 saturated heterocycles. The van der Waals surface area contributed by atoms with E-state index in [9.17, 15) is 14.4 Å². The summed E-state index contributed by atoms with van der Waals surface area (Å²) in [6.45, 7) is 6.49. The van der Waals surface area contributed by atoms with Gasteiger partial charge in [0.25, 0.3) is 0 Å². The molecule has 6 nitrogen and oxygen atoms in total. The van der Waals surface area contributed by atoms with Crippen LogP contribution in [0.15, 0.2) is 97.2 Å². The van der Waals surface area contributed by atoms with Crippen LogP contribution in [-0.4, -0.2) is 37.2 Å². The molecule has 478 valence electrons. The van der Waals surface area contributed by atoms with Gasteiger partial charge in [-0.25, -0.2) is 0 Å². The SMILES string of the molecule is CC/C=C\C/C=C\C/C=C\C/C=C\C/C=C\CCCCCCCCCCCCCCCC(=O)OCC(COC(=O)CCCCCCC/C=C\C/C=C\CCC)OC(=O)CCCCCCCCCCCCC/C=C\CCCCCCCCCC. The fraction of sp³-hybridized carbons (Fsp3) is 0.753. The zero-order valence-electron chi connectivity index (χ0n) is 54.9. The number of allylic oxidation sites excluding steroid dienone is 16. The van der Waals surface area contributed by atoms with Crippen LogP contribution in [0.5, 0.6) is 0 Å². The summed E-state index contributed by atoms with van der Waals surface area (Å²) < 4.78 is 17.0. The summed E-state index contributed by atoms with van der Waals surface area (Å²) in [4.78, 5) is 38.4. The van der Waals surface area contributed by atoms with Gasteiger partial charge in [0.2, 0.25) is 0 Å². The maximum atomic E-state index is 13.0. The number of hydrogen-bond acceptors (Lipinski definition) is 6. The fourth-order valence-electron chi connectivity index (χ4n) is 10.2. The summed E-state index contributed by atoms with van der Waals surface area (Å²) >= 11 is 0. The van der Waals surface area contributed by atoms with Crippen molar-refractivity contribution >= 4 is 17.9 Å². The Morgan fingerprint density at radius 3 is 0.795 bits per heavy atom. The van der Waals surface area contributed by atoms with Crippen molar-refractivity contribution in [3.63, 3.8) is 0 Å². The first-order valence-corrected chi connectivity index (χ1v) is 35.7. The second-order valence-corrected chi connectivity index (χ2v) is 23.8. The molecule has 0 spiro atoms. The van der Waals surface area contributed by atoms with Crippen molar-refractivity contribution in [1.29, 1.82) is 0 Å². The van der Waals surface area contributed by atoms with E-state index in [0.29, 0.717) is 19.3 Å². The van der Waals surface area contributed by atoms with Gasteiger partial charge in [-0.2, -0.15) is 0 Å². The van der Waals surface area contributed by atoms with Crippen LogP contribution in [0.1, 0.15) is 355 Å². The van der Waals surface area contributed by atoms with Crippen LogP contribution in [0, 0.1) is 0 Å². The number of unbranched alkanes of at least 4 members (excludes halogenated alkanes) is 38. The first-order valence-electron chi connectivity index (χ1n) is 35.7. The lowest BCUT2D eigenvalue weighted by atomic mass is 10.0. The molecular weight excluding hydrogens is 1020 g/mol. The zero-order chi connectivity index (χ0) is 59.9. The van der Waals surface area contributed by atoms with Gasteiger partial charge in [-0.3, -0.25) is 14.4 Å². The van der Waals surface area contributed by atoms with E-state index in [2.05, 4.69) is 118 Å². The predicted octanol–water partition coefficient (Wildman–Crippen LogP) is 24.8. The molecular formula is C77H134O6. The van der Waals surface area contributed by atoms with Gasteiger partial charge in [0, 0.05) is 19.3 Å². The average molecular weight is 1160 g/mol. The summed E-state index contributed by atoms with van der Waals surface area (Å²) in [6.07, 6.45) is 95.8. The molecule has 83 heavy (non-hydrogen) atoms. The van der Waals surface area contributed by atoms with Crippen LogP contribution in [0.3, 0.4) is 0 Å². The second kappa shape index (κ2) is 70.8. The Kier molecular flexibility index (Phi) is 67.7. The molecule has 6 heteroatoms. The summed E-state index contributed by atoms with van der Waals surface area (Å²) in [5, 5.41) is 0. The van der Waals surface area contributed by atoms with Gasteiger partial charge in [-0.15, -0.1) is 0 Å². The number of carbonyl (C=O) groups is 3. The van der Waals surface area contributed by atoms with Gasteiger partial charge in [0.05, 0.1) is 0 Å². The fourth-order valence-corrected chi connectivity index (χ4v) is 10.2. The largest absolute Gasteiger partial charge is 0.462 e. The number of hydrogen-bond donors (Lipinski definition) is 0. The van der Waals surface area contributed by atoms with Crippen molar-refractivity contribution in [2.45, 2.75) is 361 Å². The smallest absolute Gasteiger partial charge is 0.306 e. The van der Waals surface area contributed by atoms with Crippen LogP contribution in [0.4, 0.5) is 0 Å². The van der Waals surface area contributed by atoms with Gasteiger partial charge < -0.3 is 14.2 Å². The van der Waals surface area contributed by atoms with E-state index in [1.165, 1.54) is 199 Å². The monoisotopic (exact) mass is 1160 g/mol. The standard InChI is InChI=1S/C77H134O6/c1-4-7-10-13-16-19-22-25-27-29-31-33-35-36-37-38-39-40-42-43-45-47-49-52-55-58-61-64-67-70-76(79)82-73-74(72-81-75(78)69-66-63-60-57-54-51-24-21-18-15-12-9-6-3)83-77(80)71-68-65-62-59-56-53-50-48-46-44-41-34-32-30-28-26-23-20-17-14-11-8-5-2/h7,10,12,15-16,19,21,24-25,27,30-33,36-37,74H,4-6,8-9,11,13-14,17-18,20,22-23,26,28-29,34-35,38-73H2,1-3H3/b10-7-,15-12-,19-16-,24-21-,27-25-,32-30-,33-31-,37-36-. The normalized spacial score (nSPS) is 12.7. The number of carbonyl (C=O) groups excluding carboxylic acids is 3. The molecule has 0 rings (SSSR count). The molecule has 0 N–H and O–H groups in total. The Balaban J connectivity index is 4.26. The average Bonchev–Trinajstić information content (AvgIpc) is 3.49. The van der Waals surface area contributed by atoms with Gasteiger partial charge in [0.15, 0.2) is 6.10 Å². The molecule has 0 aromatic rings. The van der Waals surface area contributed by atoms with E-state index in [1.807, 2.05) is 0 Å². The minimum absolute atomic E-state index is 0.0805. The highest BCUT2D eigenvalue weighted by molar-refractivity contribution is 5.71. The van der Waals surface area contributed by atoms with Crippen molar-refractivity contribution in [1.82, 2.24) is 0 Å². The van der Waals surface area contributed by atoms with E-state index >= 15 is 0 Å². The Bertz CT molecular complexity index is 1610. The van der Waals surface area contributed by atoms with E-state index in [-0.39, 0.29) is 31.1 Å². The first-order chi connectivity index (χ1) is 41.0. The highest BCUT2D eigenvalue weighted by atomic mass is 16.6. The molecule has 0 fully saturated rings. The molecule has 1 atom stereocenters. The summed E-state index contributed by atoms with van der Waals surface area (Å²) in [5.41, 5.74) is 0. The number of rotatable bonds is 65. The van der Waals surface area contributed by atoms with E-state index in [4.69, 9.17) is 14.2 Å². The molecule has 1 unspecified atom stereocenters. The highest BCUT2D eigenvalue weighted by Gasteiger charge is 2.19. The summed E-state index contributed by atoms with van der Waals surface area (Å²) in [5.74, 6) is -0.881. The van der Waals surface area contributed by atoms with E-state index < -0.39 is 6.10 Å². The molecule has 0 aliphatic carbocycles. The Morgan fingerprint density at radius 2 is 0.494 bits per heavy atom. The molecule has 0 aliphatic rings. The molecule has 0 aromatic heterocycles. The van der Waals surface area contributed by atoms with Crippen molar-refractivity contribution in [3.8, 4) is 0 Å². The molecule has 0 radical (unpaired) electrons. The van der Waals surface area contributed by atoms with Crippen molar-refractivity contribution < 1.29 is 28.6 Å². The first kappa shape index (κ1) is 79.3. The third-order valence-electron chi connectivity index (χ3n) is 15.5. The number of esters is 3. The van der Waals surface area contributed by atoms with Crippen molar-refractivity contribution in [2.75, 3.05) is 13.2 Å². The molecule has 0 heterocycles. The molecule has 0 aromatic carbocycles. The van der Waals surface area contributed by atoms with Gasteiger partial charge in [-0.05, 0) is 116 Å². The van der Waals surface area contributed by atoms with Crippen LogP contribution in [0.2, 0.25) is 0 Å². The van der Waals surface area contributed by atoms with Crippen molar-refractivity contribution in [3.05, 3.63) is 97.2 Å². The lowest BCUT2D eigenvalue weighted by Gasteiger charge is -2.18. The van der Waals surface area contributed by atoms with Crippen LogP contribution >= 0.6 is 0 Å². The predicted molar refractivity (Wildman–Crippen MR) is 362 cm³/mol. The molecule has 0 amide bonds. The lowest BCUT2D eigenvalue weighted by molar-refractivity contribution is -0.167. The van der Waals surface area contributed by atoms with E-state index in [1.54, 1.807) is 0 Å². The molecule has 0 saturated carbocycles. The summed E-state index contributed by atoms with van der Waals surface area (Å²) in [7, 11) is 0. The Labute approximate surface area is 515 Å². The maximum Gasteiger partial charge on any atom is 0.306 e. The minimum atomic E-state index is -0.785. The second-order valence-electron chi connectivity index (χ2n) is 23.8. The lowest BCUT2D eigenvalue weighted by Crippen LogP contribution is -2.30. The van der Waals surface area contributed by atoms with Crippen LogP contribution in [0.25, 0.3) is 0 Å². The van der Waals surface area contributed by atoms with Crippen LogP contribution in [-0.2, 0) is 28.6 Å². The minimum Gasteiger partial charge on any atom is -0.462 e. The third-order valence-corrected chi connectivity index (χ3v) is 15.5. The third kappa shape index (κ3) is 69.0. The summed E-state index contributed by atoms with van der Waals surface area (Å²) in [6, 6.07) is 0. The van der Waals surface area contributed by atoms with E-state index in [0.717, 1.165) is 116 Å². The quantitative estimate of drug-likeness (QED) is 0.0261. The highest BCUT2D eigenvalue weighted by Crippen LogP contribution is 2.17. The van der Waals surface area contributed by atoms with Gasteiger partial charge >= 0.3 is 17.9 Å². The topological polar surface area (TPSA) is 78.9 Å². The van der Waals surface area contributed by atoms with Gasteiger partial charge in [0.1, 0.15) is 13.2 Å². The maximum absolute atomic E-state index is 13.0. The Morgan fingerprint density at radius 1 is 0.253 bits per heavy atom. The Hall–Kier alpha value is -3.67. The van der Waals surface area contributed by atoms with Crippen molar-refractivity contribution in [2.24, 2.45) is 0 Å². The molecule has 0 bridgehead atoms. The van der Waals surface area contributed by atoms with Gasteiger partial charge in [-0.1, -0.05) is 317 Å².